The molecule has 2 atom stereocenters. The lowest BCUT2D eigenvalue weighted by molar-refractivity contribution is -0.138. The number of fused-ring (bicyclic) bond motifs is 1. The number of piperidine rings is 2. The van der Waals surface area contributed by atoms with E-state index in [2.05, 4.69) is 10.2 Å². The highest BCUT2D eigenvalue weighted by Crippen LogP contribution is 2.54. The molecular formula is C30H31F5N4O3. The van der Waals surface area contributed by atoms with Gasteiger partial charge in [0.1, 0.15) is 6.04 Å². The molecule has 1 aromatic carbocycles. The monoisotopic (exact) mass is 590 g/mol. The van der Waals surface area contributed by atoms with Crippen LogP contribution >= 0.6 is 0 Å². The van der Waals surface area contributed by atoms with E-state index in [0.717, 1.165) is 23.4 Å². The number of nitrogens with one attached hydrogen (secondary N) is 1. The van der Waals surface area contributed by atoms with Gasteiger partial charge in [0, 0.05) is 44.0 Å². The van der Waals surface area contributed by atoms with E-state index in [4.69, 9.17) is 4.98 Å². The van der Waals surface area contributed by atoms with Crippen LogP contribution in [-0.2, 0) is 28.9 Å². The number of carbonyl (C=O) groups excluding carboxylic acids is 3. The molecule has 0 bridgehead atoms. The van der Waals surface area contributed by atoms with Gasteiger partial charge >= 0.3 is 6.18 Å². The number of rotatable bonds is 4. The van der Waals surface area contributed by atoms with Crippen molar-refractivity contribution < 1.29 is 36.3 Å². The van der Waals surface area contributed by atoms with Crippen LogP contribution in [0.4, 0.5) is 22.0 Å². The Morgan fingerprint density at radius 2 is 1.67 bits per heavy atom. The summed E-state index contributed by atoms with van der Waals surface area (Å²) in [6.07, 6.45) is -3.32. The van der Waals surface area contributed by atoms with Crippen LogP contribution in [0.15, 0.2) is 36.4 Å². The van der Waals surface area contributed by atoms with E-state index in [1.165, 1.54) is 17.0 Å². The van der Waals surface area contributed by atoms with Crippen molar-refractivity contribution in [1.29, 1.82) is 0 Å². The number of hydrogen-bond acceptors (Lipinski definition) is 5. The third kappa shape index (κ3) is 5.41. The lowest BCUT2D eigenvalue weighted by atomic mass is 9.61. The van der Waals surface area contributed by atoms with Crippen molar-refractivity contribution in [3.8, 4) is 0 Å². The number of aromatic nitrogens is 1. The van der Waals surface area contributed by atoms with Gasteiger partial charge in [-0.1, -0.05) is 12.1 Å². The first-order valence-corrected chi connectivity index (χ1v) is 14.2. The van der Waals surface area contributed by atoms with Gasteiger partial charge in [0.25, 0.3) is 5.91 Å². The number of likely N-dealkylation sites (tertiary alicyclic amines) is 1. The highest BCUT2D eigenvalue weighted by atomic mass is 19.4. The Morgan fingerprint density at radius 1 is 0.952 bits per heavy atom. The normalized spacial score (nSPS) is 25.9. The van der Waals surface area contributed by atoms with E-state index < -0.39 is 35.0 Å². The van der Waals surface area contributed by atoms with Crippen LogP contribution in [-0.4, -0.2) is 57.6 Å². The quantitative estimate of drug-likeness (QED) is 0.399. The van der Waals surface area contributed by atoms with Crippen LogP contribution in [0.3, 0.4) is 0 Å². The van der Waals surface area contributed by atoms with Gasteiger partial charge in [0.15, 0.2) is 0 Å². The highest BCUT2D eigenvalue weighted by Gasteiger charge is 2.51. The second-order valence-electron chi connectivity index (χ2n) is 12.1. The van der Waals surface area contributed by atoms with Crippen LogP contribution in [0.5, 0.6) is 0 Å². The molecule has 3 fully saturated rings. The van der Waals surface area contributed by atoms with Gasteiger partial charge in [0.2, 0.25) is 17.7 Å². The summed E-state index contributed by atoms with van der Waals surface area (Å²) < 4.78 is 67.7. The average Bonchev–Trinajstić information content (AvgIpc) is 3.26. The zero-order chi connectivity index (χ0) is 29.9. The lowest BCUT2D eigenvalue weighted by Gasteiger charge is -2.51. The fraction of sp³-hybridized carbons (Fsp3) is 0.533. The molecule has 1 saturated carbocycles. The van der Waals surface area contributed by atoms with Gasteiger partial charge in [-0.2, -0.15) is 13.2 Å². The molecule has 1 aliphatic carbocycles. The maximum atomic E-state index is 14.3. The maximum absolute atomic E-state index is 14.3. The molecular weight excluding hydrogens is 559 g/mol. The van der Waals surface area contributed by atoms with E-state index >= 15 is 0 Å². The molecule has 1 N–H and O–H groups in total. The molecule has 4 aliphatic rings. The minimum absolute atomic E-state index is 0.131. The van der Waals surface area contributed by atoms with Crippen LogP contribution in [0.25, 0.3) is 0 Å². The van der Waals surface area contributed by atoms with Gasteiger partial charge in [-0.3, -0.25) is 29.6 Å². The molecule has 42 heavy (non-hydrogen) atoms. The first-order chi connectivity index (χ1) is 19.8. The SMILES string of the molecule is O=C1CCC(N2Cc3nc(C4CCN(Cc5ccc(C(F)(F)F)cc5)CC45CCC(F)(F)CC5)ccc3C2=O)C(=O)N1. The number of nitrogens with zero attached hydrogens (tertiary/aromatic N) is 3. The molecule has 1 aromatic heterocycles. The number of pyridine rings is 1. The summed E-state index contributed by atoms with van der Waals surface area (Å²) in [7, 11) is 0. The van der Waals surface area contributed by atoms with E-state index in [9.17, 15) is 36.3 Å². The van der Waals surface area contributed by atoms with E-state index in [-0.39, 0.29) is 62.8 Å². The predicted octanol–water partition coefficient (Wildman–Crippen LogP) is 5.05. The van der Waals surface area contributed by atoms with Crippen LogP contribution in [0.1, 0.15) is 83.7 Å². The molecule has 1 spiro atoms. The van der Waals surface area contributed by atoms with Crippen molar-refractivity contribution in [2.45, 2.75) is 82.1 Å². The van der Waals surface area contributed by atoms with Gasteiger partial charge in [-0.25, -0.2) is 8.78 Å². The number of imide groups is 1. The number of carbonyl (C=O) groups is 3. The molecule has 6 rings (SSSR count). The summed E-state index contributed by atoms with van der Waals surface area (Å²) in [5, 5.41) is 2.28. The summed E-state index contributed by atoms with van der Waals surface area (Å²) in [6, 6.07) is 7.78. The van der Waals surface area contributed by atoms with Gasteiger partial charge < -0.3 is 4.90 Å². The minimum atomic E-state index is -4.42. The van der Waals surface area contributed by atoms with Crippen LogP contribution in [0.2, 0.25) is 0 Å². The predicted molar refractivity (Wildman–Crippen MR) is 140 cm³/mol. The fourth-order valence-corrected chi connectivity index (χ4v) is 7.17. The molecule has 3 aliphatic heterocycles. The smallest absolute Gasteiger partial charge is 0.321 e. The van der Waals surface area contributed by atoms with Crippen molar-refractivity contribution in [3.63, 3.8) is 0 Å². The van der Waals surface area contributed by atoms with E-state index in [0.29, 0.717) is 37.3 Å². The first-order valence-electron chi connectivity index (χ1n) is 14.2. The Balaban J connectivity index is 1.22. The average molecular weight is 591 g/mol. The van der Waals surface area contributed by atoms with Gasteiger partial charge in [0.05, 0.1) is 23.4 Å². The Hall–Kier alpha value is -3.41. The van der Waals surface area contributed by atoms with Gasteiger partial charge in [-0.05, 0) is 67.5 Å². The van der Waals surface area contributed by atoms with Crippen LogP contribution < -0.4 is 5.32 Å². The lowest BCUT2D eigenvalue weighted by Crippen LogP contribution is -2.52. The number of hydrogen-bond donors (Lipinski definition) is 1. The molecule has 2 unspecified atom stereocenters. The van der Waals surface area contributed by atoms with Crippen molar-refractivity contribution >= 4 is 17.7 Å². The molecule has 12 heteroatoms. The standard InChI is InChI=1S/C30H31F5N4O3/c31-29(32)12-10-28(11-13-29)17-38(15-18-1-3-19(4-2-18)30(33,34)35)14-9-21(28)22-6-5-20-23(36-22)16-39(27(20)42)24-7-8-25(40)37-26(24)41/h1-6,21,24H,7-17H2,(H,37,40,41). The zero-order valence-corrected chi connectivity index (χ0v) is 22.9. The molecule has 224 valence electrons. The summed E-state index contributed by atoms with van der Waals surface area (Å²) >= 11 is 0. The second-order valence-corrected chi connectivity index (χ2v) is 12.1. The molecule has 7 nitrogen and oxygen atoms in total. The van der Waals surface area contributed by atoms with E-state index in [1.807, 2.05) is 0 Å². The fourth-order valence-electron chi connectivity index (χ4n) is 7.17. The summed E-state index contributed by atoms with van der Waals surface area (Å²) in [4.78, 5) is 45.6. The largest absolute Gasteiger partial charge is 0.416 e. The Morgan fingerprint density at radius 3 is 2.33 bits per heavy atom. The molecule has 2 aromatic rings. The first kappa shape index (κ1) is 28.7. The second kappa shape index (κ2) is 10.4. The van der Waals surface area contributed by atoms with Crippen molar-refractivity contribution in [3.05, 3.63) is 64.5 Å². The third-order valence-electron chi connectivity index (χ3n) is 9.43. The topological polar surface area (TPSA) is 82.6 Å². The summed E-state index contributed by atoms with van der Waals surface area (Å²) in [6.45, 7) is 1.67. The Bertz CT molecular complexity index is 1400. The number of alkyl halides is 5. The van der Waals surface area contributed by atoms with Crippen LogP contribution in [0, 0.1) is 5.41 Å². The number of benzene rings is 1. The Labute approximate surface area is 239 Å². The van der Waals surface area contributed by atoms with Crippen molar-refractivity contribution in [1.82, 2.24) is 20.1 Å². The zero-order valence-electron chi connectivity index (χ0n) is 22.9. The Kier molecular flexibility index (Phi) is 7.10. The maximum Gasteiger partial charge on any atom is 0.416 e. The summed E-state index contributed by atoms with van der Waals surface area (Å²) in [5.41, 5.74) is 1.16. The van der Waals surface area contributed by atoms with Crippen molar-refractivity contribution in [2.24, 2.45) is 5.41 Å². The molecule has 4 heterocycles. The minimum Gasteiger partial charge on any atom is -0.321 e. The van der Waals surface area contributed by atoms with E-state index in [1.54, 1.807) is 12.1 Å². The molecule has 2 saturated heterocycles. The third-order valence-corrected chi connectivity index (χ3v) is 9.43. The van der Waals surface area contributed by atoms with Crippen molar-refractivity contribution in [2.75, 3.05) is 13.1 Å². The number of amides is 3. The highest BCUT2D eigenvalue weighted by molar-refractivity contribution is 6.05. The molecule has 3 amide bonds. The summed E-state index contributed by atoms with van der Waals surface area (Å²) in [5.74, 6) is -4.07. The number of halogens is 5. The molecule has 0 radical (unpaired) electrons. The van der Waals surface area contributed by atoms with Gasteiger partial charge in [-0.15, -0.1) is 0 Å².